The van der Waals surface area contributed by atoms with Crippen LogP contribution < -0.4 is 4.74 Å². The quantitative estimate of drug-likeness (QED) is 0.655. The molecule has 0 aliphatic carbocycles. The first kappa shape index (κ1) is 15.3. The topological polar surface area (TPSA) is 83.8 Å². The minimum absolute atomic E-state index is 0.128. The van der Waals surface area contributed by atoms with Crippen molar-refractivity contribution in [3.63, 3.8) is 0 Å². The number of phenols is 1. The van der Waals surface area contributed by atoms with Gasteiger partial charge in [0.05, 0.1) is 18.2 Å². The lowest BCUT2D eigenvalue weighted by molar-refractivity contribution is 0.0696. The molecule has 0 fully saturated rings. The van der Waals surface area contributed by atoms with E-state index in [9.17, 15) is 14.7 Å². The summed E-state index contributed by atoms with van der Waals surface area (Å²) in [5, 5.41) is 18.5. The Kier molecular flexibility index (Phi) is 4.58. The van der Waals surface area contributed by atoms with Gasteiger partial charge in [0.25, 0.3) is 0 Å². The van der Waals surface area contributed by atoms with Gasteiger partial charge in [-0.3, -0.25) is 4.79 Å². The van der Waals surface area contributed by atoms with Gasteiger partial charge in [0.15, 0.2) is 5.78 Å². The molecule has 112 valence electrons. The number of benzene rings is 2. The number of carbonyl (C=O) groups is 2. The van der Waals surface area contributed by atoms with Crippen molar-refractivity contribution in [3.05, 3.63) is 65.2 Å². The standard InChI is InChI=1S/C17H14O5/c1-22-13-7-9-16(19)14(10-13)15(18)8-4-11-2-5-12(6-3-11)17(20)21/h2-10,19H,1H3,(H,20,21). The van der Waals surface area contributed by atoms with Crippen LogP contribution in [0.1, 0.15) is 26.3 Å². The Bertz CT molecular complexity index is 729. The molecule has 2 N–H and O–H groups in total. The summed E-state index contributed by atoms with van der Waals surface area (Å²) in [7, 11) is 1.47. The second-order valence-corrected chi connectivity index (χ2v) is 4.51. The highest BCUT2D eigenvalue weighted by atomic mass is 16.5. The van der Waals surface area contributed by atoms with E-state index < -0.39 is 5.97 Å². The van der Waals surface area contributed by atoms with Crippen molar-refractivity contribution < 1.29 is 24.5 Å². The summed E-state index contributed by atoms with van der Waals surface area (Å²) in [6.07, 6.45) is 2.86. The second-order valence-electron chi connectivity index (χ2n) is 4.51. The van der Waals surface area contributed by atoms with Gasteiger partial charge in [0.1, 0.15) is 11.5 Å². The molecule has 0 heterocycles. The molecular weight excluding hydrogens is 284 g/mol. The first-order valence-electron chi connectivity index (χ1n) is 6.44. The van der Waals surface area contributed by atoms with Crippen molar-refractivity contribution in [3.8, 4) is 11.5 Å². The van der Waals surface area contributed by atoms with E-state index in [2.05, 4.69) is 0 Å². The Morgan fingerprint density at radius 3 is 2.36 bits per heavy atom. The minimum atomic E-state index is -1.01. The van der Waals surface area contributed by atoms with Crippen LogP contribution in [-0.2, 0) is 0 Å². The number of ketones is 1. The third-order valence-corrected chi connectivity index (χ3v) is 3.05. The molecule has 0 aliphatic heterocycles. The van der Waals surface area contributed by atoms with Crippen LogP contribution in [0.5, 0.6) is 11.5 Å². The smallest absolute Gasteiger partial charge is 0.335 e. The Morgan fingerprint density at radius 1 is 1.09 bits per heavy atom. The van der Waals surface area contributed by atoms with Gasteiger partial charge in [-0.2, -0.15) is 0 Å². The molecule has 0 saturated carbocycles. The maximum Gasteiger partial charge on any atom is 0.335 e. The van der Waals surface area contributed by atoms with E-state index in [-0.39, 0.29) is 22.7 Å². The predicted octanol–water partition coefficient (Wildman–Crippen LogP) is 3.00. The number of hydrogen-bond acceptors (Lipinski definition) is 4. The number of carboxylic acids is 1. The summed E-state index contributed by atoms with van der Waals surface area (Å²) in [5.41, 5.74) is 0.993. The second kappa shape index (κ2) is 6.58. The van der Waals surface area contributed by atoms with Crippen molar-refractivity contribution in [2.45, 2.75) is 0 Å². The van der Waals surface area contributed by atoms with Crippen LogP contribution in [-0.4, -0.2) is 29.1 Å². The average Bonchev–Trinajstić information content (AvgIpc) is 2.53. The van der Waals surface area contributed by atoms with Gasteiger partial charge < -0.3 is 14.9 Å². The number of rotatable bonds is 5. The number of allylic oxidation sites excluding steroid dienone is 1. The fraction of sp³-hybridized carbons (Fsp3) is 0.0588. The molecule has 0 aliphatic rings. The zero-order valence-corrected chi connectivity index (χ0v) is 11.8. The highest BCUT2D eigenvalue weighted by Crippen LogP contribution is 2.23. The van der Waals surface area contributed by atoms with Crippen LogP contribution in [0, 0.1) is 0 Å². The molecular formula is C17H14O5. The fourth-order valence-corrected chi connectivity index (χ4v) is 1.84. The molecule has 5 nitrogen and oxygen atoms in total. The van der Waals surface area contributed by atoms with Crippen molar-refractivity contribution in [1.29, 1.82) is 0 Å². The van der Waals surface area contributed by atoms with Gasteiger partial charge in [-0.25, -0.2) is 4.79 Å². The third kappa shape index (κ3) is 3.52. The Hall–Kier alpha value is -3.08. The van der Waals surface area contributed by atoms with E-state index in [1.807, 2.05) is 0 Å². The number of carbonyl (C=O) groups excluding carboxylic acids is 1. The zero-order valence-electron chi connectivity index (χ0n) is 11.8. The molecule has 0 bridgehead atoms. The molecule has 0 atom stereocenters. The molecule has 0 aromatic heterocycles. The van der Waals surface area contributed by atoms with Crippen LogP contribution >= 0.6 is 0 Å². The van der Waals surface area contributed by atoms with Gasteiger partial charge >= 0.3 is 5.97 Å². The SMILES string of the molecule is COc1ccc(O)c(C(=O)C=Cc2ccc(C(=O)O)cc2)c1. The molecule has 22 heavy (non-hydrogen) atoms. The number of aromatic carboxylic acids is 1. The van der Waals surface area contributed by atoms with Crippen molar-refractivity contribution >= 4 is 17.8 Å². The van der Waals surface area contributed by atoms with Crippen LogP contribution in [0.4, 0.5) is 0 Å². The molecule has 2 aromatic rings. The van der Waals surface area contributed by atoms with Gasteiger partial charge in [-0.05, 0) is 42.0 Å². The predicted molar refractivity (Wildman–Crippen MR) is 81.4 cm³/mol. The van der Waals surface area contributed by atoms with Gasteiger partial charge in [0.2, 0.25) is 0 Å². The number of aromatic hydroxyl groups is 1. The number of methoxy groups -OCH3 is 1. The highest BCUT2D eigenvalue weighted by molar-refractivity contribution is 6.08. The van der Waals surface area contributed by atoms with Crippen LogP contribution in [0.3, 0.4) is 0 Å². The van der Waals surface area contributed by atoms with Crippen LogP contribution in [0.15, 0.2) is 48.5 Å². The number of carboxylic acid groups (broad SMARTS) is 1. The lowest BCUT2D eigenvalue weighted by atomic mass is 10.1. The molecule has 0 unspecified atom stereocenters. The number of ether oxygens (including phenoxy) is 1. The molecule has 0 spiro atoms. The Morgan fingerprint density at radius 2 is 1.77 bits per heavy atom. The normalized spacial score (nSPS) is 10.6. The van der Waals surface area contributed by atoms with E-state index in [4.69, 9.17) is 9.84 Å². The van der Waals surface area contributed by atoms with E-state index in [0.717, 1.165) is 0 Å². The highest BCUT2D eigenvalue weighted by Gasteiger charge is 2.09. The summed E-state index contributed by atoms with van der Waals surface area (Å²) in [6.45, 7) is 0. The molecule has 5 heteroatoms. The Labute approximate surface area is 127 Å². The monoisotopic (exact) mass is 298 g/mol. The number of hydrogen-bond donors (Lipinski definition) is 2. The van der Waals surface area contributed by atoms with E-state index in [0.29, 0.717) is 11.3 Å². The molecule has 2 rings (SSSR count). The summed E-state index contributed by atoms with van der Waals surface area (Å²) in [6, 6.07) is 10.5. The van der Waals surface area contributed by atoms with Crippen molar-refractivity contribution in [2.75, 3.05) is 7.11 Å². The summed E-state index contributed by atoms with van der Waals surface area (Å²) in [4.78, 5) is 22.8. The molecule has 2 aromatic carbocycles. The summed E-state index contributed by atoms with van der Waals surface area (Å²) in [5.74, 6) is -1.04. The van der Waals surface area contributed by atoms with Crippen LogP contribution in [0.2, 0.25) is 0 Å². The average molecular weight is 298 g/mol. The summed E-state index contributed by atoms with van der Waals surface area (Å²) < 4.78 is 5.02. The maximum absolute atomic E-state index is 12.1. The van der Waals surface area contributed by atoms with Crippen LogP contribution in [0.25, 0.3) is 6.08 Å². The maximum atomic E-state index is 12.1. The largest absolute Gasteiger partial charge is 0.507 e. The van der Waals surface area contributed by atoms with E-state index >= 15 is 0 Å². The minimum Gasteiger partial charge on any atom is -0.507 e. The first-order chi connectivity index (χ1) is 10.5. The lowest BCUT2D eigenvalue weighted by Gasteiger charge is -2.04. The fourth-order valence-electron chi connectivity index (χ4n) is 1.84. The lowest BCUT2D eigenvalue weighted by Crippen LogP contribution is -1.96. The summed E-state index contributed by atoms with van der Waals surface area (Å²) >= 11 is 0. The number of phenolic OH excluding ortho intramolecular Hbond substituents is 1. The van der Waals surface area contributed by atoms with E-state index in [1.54, 1.807) is 24.3 Å². The van der Waals surface area contributed by atoms with Gasteiger partial charge in [0, 0.05) is 0 Å². The van der Waals surface area contributed by atoms with Gasteiger partial charge in [-0.1, -0.05) is 18.2 Å². The molecule has 0 saturated heterocycles. The molecule has 0 amide bonds. The zero-order chi connectivity index (χ0) is 16.1. The van der Waals surface area contributed by atoms with Crippen molar-refractivity contribution in [2.24, 2.45) is 0 Å². The van der Waals surface area contributed by atoms with Crippen molar-refractivity contribution in [1.82, 2.24) is 0 Å². The molecule has 0 radical (unpaired) electrons. The first-order valence-corrected chi connectivity index (χ1v) is 6.44. The third-order valence-electron chi connectivity index (χ3n) is 3.05. The van der Waals surface area contributed by atoms with E-state index in [1.165, 1.54) is 37.5 Å². The Balaban J connectivity index is 2.19. The van der Waals surface area contributed by atoms with Gasteiger partial charge in [-0.15, -0.1) is 0 Å².